The summed E-state index contributed by atoms with van der Waals surface area (Å²) < 4.78 is 0. The minimum atomic E-state index is 1.36. The first-order valence-electron chi connectivity index (χ1n) is 26.0. The van der Waals surface area contributed by atoms with Crippen molar-refractivity contribution in [3.05, 3.63) is 240 Å². The van der Waals surface area contributed by atoms with Crippen LogP contribution < -0.4 is 0 Å². The van der Waals surface area contributed by atoms with Crippen molar-refractivity contribution in [1.82, 2.24) is 0 Å². The van der Waals surface area contributed by atoms with E-state index in [1.54, 1.807) is 0 Å². The highest BCUT2D eigenvalue weighted by atomic mass is 14.1. The number of benzene rings is 7. The van der Waals surface area contributed by atoms with Crippen LogP contribution in [-0.4, -0.2) is 0 Å². The topological polar surface area (TPSA) is 0 Å². The minimum absolute atomic E-state index is 1.36. The average molecular weight is 954 g/mol. The first-order valence-corrected chi connectivity index (χ1v) is 26.0. The highest BCUT2D eigenvalue weighted by Gasteiger charge is 2.04. The van der Waals surface area contributed by atoms with Crippen LogP contribution in [0.15, 0.2) is 78.9 Å². The zero-order chi connectivity index (χ0) is 54.9. The Morgan fingerprint density at radius 2 is 0.268 bits per heavy atom. The summed E-state index contributed by atoms with van der Waals surface area (Å²) in [5.41, 5.74) is 40.8. The predicted molar refractivity (Wildman–Crippen MR) is 322 cm³/mol. The molecule has 0 spiro atoms. The van der Waals surface area contributed by atoms with E-state index >= 15 is 0 Å². The monoisotopic (exact) mass is 953 g/mol. The van der Waals surface area contributed by atoms with Crippen LogP contribution in [0.3, 0.4) is 0 Å². The molecule has 0 bridgehead atoms. The van der Waals surface area contributed by atoms with Gasteiger partial charge in [0.05, 0.1) is 0 Å². The van der Waals surface area contributed by atoms with Gasteiger partial charge in [-0.2, -0.15) is 0 Å². The van der Waals surface area contributed by atoms with Gasteiger partial charge in [-0.05, 0) is 351 Å². The van der Waals surface area contributed by atoms with Gasteiger partial charge in [0.15, 0.2) is 0 Å². The molecule has 7 rings (SSSR count). The smallest absolute Gasteiger partial charge is 0.0392 e. The van der Waals surface area contributed by atoms with Gasteiger partial charge in [-0.1, -0.05) is 90.0 Å². The molecule has 0 heterocycles. The van der Waals surface area contributed by atoms with Crippen molar-refractivity contribution in [1.29, 1.82) is 0 Å². The fraction of sp³-hybridized carbons (Fsp3) is 0.408. The summed E-state index contributed by atoms with van der Waals surface area (Å²) >= 11 is 0. The van der Waals surface area contributed by atoms with Gasteiger partial charge in [-0.25, -0.2) is 0 Å². The summed E-state index contributed by atoms with van der Waals surface area (Å²) in [7, 11) is 0. The lowest BCUT2D eigenvalue weighted by molar-refractivity contribution is 1.18. The molecule has 0 saturated heterocycles. The van der Waals surface area contributed by atoms with Crippen LogP contribution in [0.1, 0.15) is 161 Å². The summed E-state index contributed by atoms with van der Waals surface area (Å²) in [5.74, 6) is 0. The Morgan fingerprint density at radius 3 is 0.451 bits per heavy atom. The summed E-state index contributed by atoms with van der Waals surface area (Å²) in [6.07, 6.45) is 0. The van der Waals surface area contributed by atoms with Crippen molar-refractivity contribution >= 4 is 0 Å². The molecule has 7 aromatic carbocycles. The first-order chi connectivity index (χ1) is 32.7. The van der Waals surface area contributed by atoms with Gasteiger partial charge in [-0.3, -0.25) is 0 Å². The van der Waals surface area contributed by atoms with Crippen LogP contribution in [0.25, 0.3) is 0 Å². The number of hydrogen-bond donors (Lipinski definition) is 0. The lowest BCUT2D eigenvalue weighted by atomic mass is 9.96. The second-order valence-corrected chi connectivity index (χ2v) is 21.3. The van der Waals surface area contributed by atoms with Crippen molar-refractivity contribution in [3.63, 3.8) is 0 Å². The van der Waals surface area contributed by atoms with Crippen LogP contribution in [0.4, 0.5) is 0 Å². The maximum absolute atomic E-state index is 2.26. The molecule has 384 valence electrons. The molecule has 0 heteroatoms. The molecule has 0 unspecified atom stereocenters. The molecule has 0 saturated carbocycles. The Labute approximate surface area is 438 Å². The number of rotatable bonds is 0. The van der Waals surface area contributed by atoms with Gasteiger partial charge in [0.25, 0.3) is 0 Å². The van der Waals surface area contributed by atoms with Gasteiger partial charge in [0.2, 0.25) is 0 Å². The maximum atomic E-state index is 2.26. The normalized spacial score (nSPS) is 10.0. The molecule has 0 radical (unpaired) electrons. The third-order valence-electron chi connectivity index (χ3n) is 16.0. The molecule has 0 aliphatic carbocycles. The molecule has 0 amide bonds. The molecule has 0 fully saturated rings. The maximum Gasteiger partial charge on any atom is -0.0392 e. The lowest BCUT2D eigenvalue weighted by Gasteiger charge is -2.10. The van der Waals surface area contributed by atoms with Crippen LogP contribution in [0.2, 0.25) is 0 Å². The minimum Gasteiger partial charge on any atom is -0.0588 e. The van der Waals surface area contributed by atoms with E-state index in [1.165, 1.54) is 161 Å². The van der Waals surface area contributed by atoms with Gasteiger partial charge in [-0.15, -0.1) is 0 Å². The second-order valence-electron chi connectivity index (χ2n) is 21.3. The first kappa shape index (κ1) is 63.6. The van der Waals surface area contributed by atoms with Gasteiger partial charge < -0.3 is 0 Å². The predicted octanol–water partition coefficient (Wildman–Crippen LogP) is 20.8. The van der Waals surface area contributed by atoms with E-state index in [2.05, 4.69) is 280 Å². The Balaban J connectivity index is 0.000000414. The average Bonchev–Trinajstić information content (AvgIpc) is 3.31. The Hall–Kier alpha value is -5.46. The molecule has 7 aromatic rings. The second kappa shape index (κ2) is 29.2. The van der Waals surface area contributed by atoms with Crippen molar-refractivity contribution in [3.8, 4) is 0 Å². The van der Waals surface area contributed by atoms with Crippen LogP contribution in [0.5, 0.6) is 0 Å². The molecule has 71 heavy (non-hydrogen) atoms. The third-order valence-corrected chi connectivity index (χ3v) is 16.0. The van der Waals surface area contributed by atoms with E-state index in [1.807, 2.05) is 0 Å². The van der Waals surface area contributed by atoms with Crippen LogP contribution in [0, 0.1) is 201 Å². The molecular formula is C71H100. The fourth-order valence-corrected chi connectivity index (χ4v) is 8.30. The Morgan fingerprint density at radius 1 is 0.127 bits per heavy atom. The van der Waals surface area contributed by atoms with Crippen LogP contribution in [-0.2, 0) is 0 Å². The van der Waals surface area contributed by atoms with E-state index in [9.17, 15) is 0 Å². The van der Waals surface area contributed by atoms with E-state index < -0.39 is 0 Å². The fourth-order valence-electron chi connectivity index (χ4n) is 8.30. The van der Waals surface area contributed by atoms with Crippen molar-refractivity contribution in [2.45, 2.75) is 201 Å². The Kier molecular flexibility index (Phi) is 26.1. The lowest BCUT2D eigenvalue weighted by Crippen LogP contribution is -1.93. The molecule has 0 aliphatic heterocycles. The number of hydrogen-bond acceptors (Lipinski definition) is 0. The van der Waals surface area contributed by atoms with E-state index in [0.29, 0.717) is 0 Å². The molecule has 0 nitrogen and oxygen atoms in total. The van der Waals surface area contributed by atoms with Crippen LogP contribution >= 0.6 is 0 Å². The molecule has 0 N–H and O–H groups in total. The standard InChI is InChI=1S/C11H16.6C10H14/c1-7-6-8(2)10(4)11(5)9(7)3;1-7-5-9(3)10(4)6-8(7)2;2*1-7-5-8(2)10(4)9(3)6-7;3*1-7-5-6-8(2)10(4)9(7)3/h6H,1-5H3;6*5-6H,1-4H3. The van der Waals surface area contributed by atoms with Crippen molar-refractivity contribution in [2.24, 2.45) is 0 Å². The van der Waals surface area contributed by atoms with E-state index in [4.69, 9.17) is 0 Å². The SMILES string of the molecule is Cc1cc(C)c(C)c(C)c1.Cc1cc(C)c(C)c(C)c1.Cc1cc(C)c(C)c(C)c1C.Cc1cc(C)c(C)cc1C.Cc1ccc(C)c(C)c1C.Cc1ccc(C)c(C)c1C.Cc1ccc(C)c(C)c1C. The van der Waals surface area contributed by atoms with Crippen molar-refractivity contribution in [2.75, 3.05) is 0 Å². The van der Waals surface area contributed by atoms with E-state index in [0.717, 1.165) is 0 Å². The van der Waals surface area contributed by atoms with E-state index in [-0.39, 0.29) is 0 Å². The van der Waals surface area contributed by atoms with Gasteiger partial charge in [0, 0.05) is 0 Å². The quantitative estimate of drug-likeness (QED) is 0.142. The van der Waals surface area contributed by atoms with Gasteiger partial charge >= 0.3 is 0 Å². The molecular weight excluding hydrogens is 853 g/mol. The number of aryl methyl sites for hydroxylation is 18. The zero-order valence-corrected chi connectivity index (χ0v) is 51.0. The Bertz CT molecular complexity index is 2480. The van der Waals surface area contributed by atoms with Gasteiger partial charge in [0.1, 0.15) is 0 Å². The summed E-state index contributed by atoms with van der Waals surface area (Å²) in [5, 5.41) is 0. The highest BCUT2D eigenvalue weighted by Crippen LogP contribution is 2.21. The van der Waals surface area contributed by atoms with Crippen molar-refractivity contribution < 1.29 is 0 Å². The summed E-state index contributed by atoms with van der Waals surface area (Å²) in [4.78, 5) is 0. The molecule has 0 atom stereocenters. The summed E-state index contributed by atoms with van der Waals surface area (Å²) in [6.45, 7) is 62.8. The third kappa shape index (κ3) is 19.6. The zero-order valence-electron chi connectivity index (χ0n) is 51.0. The molecule has 0 aromatic heterocycles. The molecule has 0 aliphatic rings. The summed E-state index contributed by atoms with van der Waals surface area (Å²) in [6, 6.07) is 28.7. The highest BCUT2D eigenvalue weighted by molar-refractivity contribution is 5.44. The largest absolute Gasteiger partial charge is 0.0588 e.